The van der Waals surface area contributed by atoms with E-state index < -0.39 is 32.3 Å². The number of anilines is 1. The second-order valence-corrected chi connectivity index (χ2v) is 15.9. The van der Waals surface area contributed by atoms with Crippen LogP contribution in [0.15, 0.2) is 5.38 Å². The molecule has 1 aromatic rings. The molecule has 1 saturated heterocycles. The van der Waals surface area contributed by atoms with Crippen molar-refractivity contribution in [2.75, 3.05) is 44.9 Å². The molecule has 2 rings (SSSR count). The van der Waals surface area contributed by atoms with Crippen LogP contribution in [0.25, 0.3) is 0 Å². The number of ether oxygens (including phenoxy) is 2. The maximum absolute atomic E-state index is 12.9. The van der Waals surface area contributed by atoms with Crippen molar-refractivity contribution < 1.29 is 33.4 Å². The standard InChI is InChI=1S/C23H40N4O7SSi/c1-23(2,3)36(5,6)34-14-17(20(30)32-4)25-19(29)18-15-35-21(26-18)27-10-8-16(9-11-27)24-22(31)33-13-7-12-28/h15-17,28H,7-14H2,1-6H3,(H,24,31)(H,25,29)/t17-/m0/s1. The number of carbonyl (C=O) groups excluding carboxylic acids is 3. The van der Waals surface area contributed by atoms with Crippen LogP contribution in [-0.4, -0.2) is 88.5 Å². The van der Waals surface area contributed by atoms with Gasteiger partial charge >= 0.3 is 12.1 Å². The van der Waals surface area contributed by atoms with Gasteiger partial charge in [0, 0.05) is 37.5 Å². The summed E-state index contributed by atoms with van der Waals surface area (Å²) in [5, 5.41) is 16.6. The SMILES string of the molecule is COC(=O)[C@H](CO[Si](C)(C)C(C)(C)C)NC(=O)c1csc(N2CCC(NC(=O)OCCCO)CC2)n1. The molecule has 0 unspecified atom stereocenters. The zero-order valence-corrected chi connectivity index (χ0v) is 23.9. The maximum Gasteiger partial charge on any atom is 0.407 e. The number of rotatable bonds is 11. The molecule has 0 bridgehead atoms. The van der Waals surface area contributed by atoms with Gasteiger partial charge in [0.25, 0.3) is 5.91 Å². The first-order valence-corrected chi connectivity index (χ1v) is 15.9. The number of piperidine rings is 1. The summed E-state index contributed by atoms with van der Waals surface area (Å²) in [6.07, 6.45) is 1.36. The highest BCUT2D eigenvalue weighted by Crippen LogP contribution is 2.36. The number of aliphatic hydroxyl groups excluding tert-OH is 1. The molecule has 2 heterocycles. The first-order valence-electron chi connectivity index (χ1n) is 12.1. The minimum Gasteiger partial charge on any atom is -0.467 e. The smallest absolute Gasteiger partial charge is 0.407 e. The Kier molecular flexibility index (Phi) is 11.1. The highest BCUT2D eigenvalue weighted by atomic mass is 32.1. The number of methoxy groups -OCH3 is 1. The Morgan fingerprint density at radius 2 is 1.94 bits per heavy atom. The van der Waals surface area contributed by atoms with E-state index in [0.717, 1.165) is 0 Å². The molecule has 0 spiro atoms. The van der Waals surface area contributed by atoms with Crippen LogP contribution in [0.2, 0.25) is 18.1 Å². The topological polar surface area (TPSA) is 139 Å². The molecule has 2 amide bonds. The van der Waals surface area contributed by atoms with Crippen LogP contribution in [0.1, 0.15) is 50.5 Å². The summed E-state index contributed by atoms with van der Waals surface area (Å²) in [5.41, 5.74) is 0.226. The monoisotopic (exact) mass is 544 g/mol. The second-order valence-electron chi connectivity index (χ2n) is 10.3. The van der Waals surface area contributed by atoms with E-state index in [0.29, 0.717) is 37.5 Å². The van der Waals surface area contributed by atoms with E-state index in [1.165, 1.54) is 18.4 Å². The number of aliphatic hydroxyl groups is 1. The minimum absolute atomic E-state index is 0.00711. The van der Waals surface area contributed by atoms with Gasteiger partial charge in [-0.2, -0.15) is 0 Å². The van der Waals surface area contributed by atoms with Crippen molar-refractivity contribution >= 4 is 42.8 Å². The Morgan fingerprint density at radius 1 is 1.28 bits per heavy atom. The van der Waals surface area contributed by atoms with Gasteiger partial charge in [-0.25, -0.2) is 14.6 Å². The van der Waals surface area contributed by atoms with Gasteiger partial charge < -0.3 is 34.5 Å². The summed E-state index contributed by atoms with van der Waals surface area (Å²) >= 11 is 1.35. The van der Waals surface area contributed by atoms with Crippen molar-refractivity contribution in [2.45, 2.75) is 70.2 Å². The van der Waals surface area contributed by atoms with Crippen LogP contribution in [0, 0.1) is 0 Å². The lowest BCUT2D eigenvalue weighted by Crippen LogP contribution is -2.49. The number of hydrogen-bond donors (Lipinski definition) is 3. The van der Waals surface area contributed by atoms with Gasteiger partial charge in [0.15, 0.2) is 13.4 Å². The van der Waals surface area contributed by atoms with E-state index in [9.17, 15) is 14.4 Å². The average Bonchev–Trinajstić information content (AvgIpc) is 3.31. The molecular weight excluding hydrogens is 504 g/mol. The zero-order chi connectivity index (χ0) is 26.9. The highest BCUT2D eigenvalue weighted by molar-refractivity contribution is 7.13. The van der Waals surface area contributed by atoms with Gasteiger partial charge in [-0.15, -0.1) is 11.3 Å². The van der Waals surface area contributed by atoms with Crippen LogP contribution in [0.4, 0.5) is 9.93 Å². The van der Waals surface area contributed by atoms with Crippen molar-refractivity contribution in [3.05, 3.63) is 11.1 Å². The number of thiazole rings is 1. The first-order chi connectivity index (χ1) is 16.9. The quantitative estimate of drug-likeness (QED) is 0.218. The summed E-state index contributed by atoms with van der Waals surface area (Å²) < 4.78 is 16.0. The zero-order valence-electron chi connectivity index (χ0n) is 22.1. The van der Waals surface area contributed by atoms with Crippen LogP contribution in [0.5, 0.6) is 0 Å². The molecule has 1 atom stereocenters. The van der Waals surface area contributed by atoms with Gasteiger partial charge in [0.2, 0.25) is 0 Å². The molecule has 1 aromatic heterocycles. The molecule has 0 radical (unpaired) electrons. The fraction of sp³-hybridized carbons (Fsp3) is 0.739. The third-order valence-corrected chi connectivity index (χ3v) is 12.0. The van der Waals surface area contributed by atoms with Crippen molar-refractivity contribution in [2.24, 2.45) is 0 Å². The molecule has 13 heteroatoms. The molecule has 1 aliphatic heterocycles. The third-order valence-electron chi connectivity index (χ3n) is 6.56. The molecular formula is C23H40N4O7SSi. The fourth-order valence-electron chi connectivity index (χ4n) is 3.22. The number of alkyl carbamates (subject to hydrolysis) is 1. The van der Waals surface area contributed by atoms with E-state index in [2.05, 4.69) is 54.4 Å². The Morgan fingerprint density at radius 3 is 2.53 bits per heavy atom. The van der Waals surface area contributed by atoms with Crippen LogP contribution >= 0.6 is 11.3 Å². The molecule has 1 fully saturated rings. The molecule has 1 aliphatic rings. The van der Waals surface area contributed by atoms with E-state index in [4.69, 9.17) is 19.0 Å². The normalized spacial score (nSPS) is 15.8. The van der Waals surface area contributed by atoms with E-state index >= 15 is 0 Å². The van der Waals surface area contributed by atoms with Crippen molar-refractivity contribution in [3.63, 3.8) is 0 Å². The number of aromatic nitrogens is 1. The van der Waals surface area contributed by atoms with Crippen LogP contribution in [-0.2, 0) is 18.7 Å². The van der Waals surface area contributed by atoms with Crippen molar-refractivity contribution in [3.8, 4) is 0 Å². The molecule has 0 aliphatic carbocycles. The minimum atomic E-state index is -2.12. The van der Waals surface area contributed by atoms with Crippen molar-refractivity contribution in [1.82, 2.24) is 15.6 Å². The first kappa shape index (κ1) is 30.0. The van der Waals surface area contributed by atoms with Gasteiger partial charge in [0.1, 0.15) is 11.7 Å². The summed E-state index contributed by atoms with van der Waals surface area (Å²) in [6, 6.07) is -0.937. The lowest BCUT2D eigenvalue weighted by atomic mass is 10.1. The van der Waals surface area contributed by atoms with E-state index in [-0.39, 0.29) is 36.6 Å². The van der Waals surface area contributed by atoms with E-state index in [1.54, 1.807) is 5.38 Å². The van der Waals surface area contributed by atoms with Crippen LogP contribution < -0.4 is 15.5 Å². The second kappa shape index (κ2) is 13.4. The summed E-state index contributed by atoms with van der Waals surface area (Å²) in [4.78, 5) is 43.5. The number of nitrogens with one attached hydrogen (secondary N) is 2. The molecule has 204 valence electrons. The number of carbonyl (C=O) groups is 3. The number of esters is 1. The van der Waals surface area contributed by atoms with Gasteiger partial charge in [-0.3, -0.25) is 4.79 Å². The summed E-state index contributed by atoms with van der Waals surface area (Å²) in [5.74, 6) is -1.03. The Balaban J connectivity index is 1.90. The van der Waals surface area contributed by atoms with Gasteiger partial charge in [0.05, 0.1) is 20.3 Å². The Hall–Kier alpha value is -2.22. The van der Waals surface area contributed by atoms with Crippen molar-refractivity contribution in [1.29, 1.82) is 0 Å². The average molecular weight is 545 g/mol. The molecule has 36 heavy (non-hydrogen) atoms. The fourth-order valence-corrected chi connectivity index (χ4v) is 5.09. The summed E-state index contributed by atoms with van der Waals surface area (Å²) in [7, 11) is -0.844. The van der Waals surface area contributed by atoms with E-state index in [1.807, 2.05) is 0 Å². The largest absolute Gasteiger partial charge is 0.467 e. The lowest BCUT2D eigenvalue weighted by molar-refractivity contribution is -0.143. The highest BCUT2D eigenvalue weighted by Gasteiger charge is 2.38. The summed E-state index contributed by atoms with van der Waals surface area (Å²) in [6.45, 7) is 12.0. The number of amides is 2. The molecule has 11 nitrogen and oxygen atoms in total. The molecule has 0 saturated carbocycles. The Labute approximate surface area is 218 Å². The third kappa shape index (κ3) is 8.71. The molecule has 3 N–H and O–H groups in total. The number of hydrogen-bond acceptors (Lipinski definition) is 10. The predicted molar refractivity (Wildman–Crippen MR) is 140 cm³/mol. The van der Waals surface area contributed by atoms with Gasteiger partial charge in [-0.1, -0.05) is 20.8 Å². The van der Waals surface area contributed by atoms with Gasteiger partial charge in [-0.05, 0) is 31.0 Å². The Bertz CT molecular complexity index is 882. The predicted octanol–water partition coefficient (Wildman–Crippen LogP) is 2.51. The number of nitrogens with zero attached hydrogens (tertiary/aromatic N) is 2. The molecule has 0 aromatic carbocycles. The van der Waals surface area contributed by atoms with Crippen LogP contribution in [0.3, 0.4) is 0 Å². The maximum atomic E-state index is 12.9. The lowest BCUT2D eigenvalue weighted by Gasteiger charge is -2.37.